The summed E-state index contributed by atoms with van der Waals surface area (Å²) in [6.45, 7) is -0.416. The molecule has 0 aliphatic rings. The highest BCUT2D eigenvalue weighted by Crippen LogP contribution is 2.01. The van der Waals surface area contributed by atoms with Crippen LogP contribution in [0.3, 0.4) is 0 Å². The fraction of sp³-hybridized carbons (Fsp3) is 0.412. The third-order valence-corrected chi connectivity index (χ3v) is 3.00. The van der Waals surface area contributed by atoms with Gasteiger partial charge >= 0.3 is 0 Å². The third-order valence-electron chi connectivity index (χ3n) is 3.00. The van der Waals surface area contributed by atoms with Crippen molar-refractivity contribution >= 4 is 23.6 Å². The largest absolute Gasteiger partial charge is 0.376 e. The smallest absolute Gasteiger partial charge is 0.241 e. The van der Waals surface area contributed by atoms with Crippen LogP contribution >= 0.6 is 0 Å². The summed E-state index contributed by atoms with van der Waals surface area (Å²) in [7, 11) is 1.64. The second-order valence-corrected chi connectivity index (χ2v) is 5.29. The number of hydrogen-bond donors (Lipinski definition) is 6. The molecule has 0 aliphatic carbocycles. The van der Waals surface area contributed by atoms with Gasteiger partial charge in [-0.15, -0.1) is 0 Å². The van der Waals surface area contributed by atoms with Crippen molar-refractivity contribution in [2.45, 2.75) is 12.8 Å². The number of carbonyl (C=O) groups excluding carboxylic acids is 4. The first kappa shape index (κ1) is 24.0. The molecule has 1 rings (SSSR count). The summed E-state index contributed by atoms with van der Waals surface area (Å²) in [5, 5.41) is 18.0. The normalized spacial score (nSPS) is 9.41. The molecule has 1 aromatic rings. The van der Waals surface area contributed by atoms with E-state index >= 15 is 0 Å². The highest BCUT2D eigenvalue weighted by Gasteiger charge is 2.04. The van der Waals surface area contributed by atoms with Gasteiger partial charge in [0.15, 0.2) is 0 Å². The molecule has 0 unspecified atom stereocenters. The van der Waals surface area contributed by atoms with Crippen LogP contribution in [0.15, 0.2) is 30.3 Å². The number of carbonyl (C=O) groups is 4. The van der Waals surface area contributed by atoms with Crippen molar-refractivity contribution < 1.29 is 24.3 Å². The minimum atomic E-state index is -0.538. The van der Waals surface area contributed by atoms with Gasteiger partial charge in [0.1, 0.15) is 6.73 Å². The van der Waals surface area contributed by atoms with Crippen molar-refractivity contribution in [3.63, 3.8) is 0 Å². The Labute approximate surface area is 157 Å². The van der Waals surface area contributed by atoms with E-state index in [-0.39, 0.29) is 31.4 Å². The molecule has 0 saturated heterocycles. The van der Waals surface area contributed by atoms with Crippen LogP contribution in [0.1, 0.15) is 12.0 Å². The molecule has 0 atom stereocenters. The summed E-state index contributed by atoms with van der Waals surface area (Å²) in [5.41, 5.74) is 5.85. The molecule has 0 heterocycles. The van der Waals surface area contributed by atoms with Crippen LogP contribution < -0.4 is 27.0 Å². The summed E-state index contributed by atoms with van der Waals surface area (Å²) < 4.78 is 0. The molecule has 0 spiro atoms. The van der Waals surface area contributed by atoms with Gasteiger partial charge in [0.25, 0.3) is 0 Å². The number of rotatable bonds is 10. The SMILES string of the molecule is CNCC(=O)NCC(N)=O.O=C(CCc1ccccc1)NCC(=O)NCO. The fourth-order valence-corrected chi connectivity index (χ4v) is 1.73. The zero-order chi connectivity index (χ0) is 20.5. The Morgan fingerprint density at radius 2 is 1.48 bits per heavy atom. The molecule has 0 aromatic heterocycles. The van der Waals surface area contributed by atoms with E-state index in [1.165, 1.54) is 0 Å². The number of aliphatic hydroxyl groups is 1. The first-order valence-corrected chi connectivity index (χ1v) is 8.26. The predicted molar refractivity (Wildman–Crippen MR) is 99.1 cm³/mol. The van der Waals surface area contributed by atoms with E-state index in [1.807, 2.05) is 30.3 Å². The van der Waals surface area contributed by atoms with Gasteiger partial charge in [0.2, 0.25) is 23.6 Å². The Morgan fingerprint density at radius 1 is 0.889 bits per heavy atom. The predicted octanol–water partition coefficient (Wildman–Crippen LogP) is -2.39. The molecule has 10 heteroatoms. The summed E-state index contributed by atoms with van der Waals surface area (Å²) >= 11 is 0. The lowest BCUT2D eigenvalue weighted by molar-refractivity contribution is -0.126. The highest BCUT2D eigenvalue weighted by atomic mass is 16.3. The van der Waals surface area contributed by atoms with Crippen LogP contribution in [0, 0.1) is 0 Å². The van der Waals surface area contributed by atoms with Gasteiger partial charge in [-0.05, 0) is 19.0 Å². The van der Waals surface area contributed by atoms with Crippen LogP contribution in [-0.4, -0.2) is 62.1 Å². The summed E-state index contributed by atoms with van der Waals surface area (Å²) in [6, 6.07) is 9.66. The van der Waals surface area contributed by atoms with Gasteiger partial charge in [-0.1, -0.05) is 30.3 Å². The maximum Gasteiger partial charge on any atom is 0.241 e. The van der Waals surface area contributed by atoms with Gasteiger partial charge in [-0.2, -0.15) is 0 Å². The molecule has 10 nitrogen and oxygen atoms in total. The van der Waals surface area contributed by atoms with E-state index in [2.05, 4.69) is 21.3 Å². The number of benzene rings is 1. The number of nitrogens with two attached hydrogens (primary N) is 1. The molecule has 0 radical (unpaired) electrons. The topological polar surface area (TPSA) is 163 Å². The van der Waals surface area contributed by atoms with Crippen molar-refractivity contribution in [3.8, 4) is 0 Å². The molecule has 0 aliphatic heterocycles. The number of amides is 4. The van der Waals surface area contributed by atoms with Crippen LogP contribution in [-0.2, 0) is 25.6 Å². The third kappa shape index (κ3) is 15.0. The Bertz CT molecular complexity index is 595. The average molecular weight is 381 g/mol. The zero-order valence-corrected chi connectivity index (χ0v) is 15.3. The van der Waals surface area contributed by atoms with Crippen LogP contribution in [0.4, 0.5) is 0 Å². The molecule has 0 fully saturated rings. The standard InChI is InChI=1S/C12H16N2O3.C5H11N3O2/c15-9-14-12(17)8-13-11(16)7-6-10-4-2-1-3-5-10;1-7-3-5(10)8-2-4(6)9/h1-5,15H,6-9H2,(H,13,16)(H,14,17);7H,2-3H2,1H3,(H2,6,9)(H,8,10). The maximum atomic E-state index is 11.4. The molecular weight excluding hydrogens is 354 g/mol. The first-order valence-electron chi connectivity index (χ1n) is 8.26. The minimum absolute atomic E-state index is 0.0967. The lowest BCUT2D eigenvalue weighted by Gasteiger charge is -2.05. The van der Waals surface area contributed by atoms with Gasteiger partial charge in [0, 0.05) is 6.42 Å². The van der Waals surface area contributed by atoms with Crippen LogP contribution in [0.25, 0.3) is 0 Å². The Kier molecular flexibility index (Phi) is 13.6. The van der Waals surface area contributed by atoms with Gasteiger partial charge in [0.05, 0.1) is 19.6 Å². The second-order valence-electron chi connectivity index (χ2n) is 5.29. The van der Waals surface area contributed by atoms with Gasteiger partial charge in [-0.25, -0.2) is 0 Å². The van der Waals surface area contributed by atoms with Crippen molar-refractivity contribution in [1.82, 2.24) is 21.3 Å². The van der Waals surface area contributed by atoms with E-state index in [0.29, 0.717) is 12.8 Å². The van der Waals surface area contributed by atoms with E-state index in [9.17, 15) is 19.2 Å². The van der Waals surface area contributed by atoms with E-state index in [1.54, 1.807) is 7.05 Å². The van der Waals surface area contributed by atoms with E-state index < -0.39 is 18.5 Å². The number of primary amides is 1. The van der Waals surface area contributed by atoms with Crippen molar-refractivity contribution in [2.75, 3.05) is 33.4 Å². The van der Waals surface area contributed by atoms with E-state index in [0.717, 1.165) is 5.56 Å². The lowest BCUT2D eigenvalue weighted by atomic mass is 10.1. The quantitative estimate of drug-likeness (QED) is 0.248. The Morgan fingerprint density at radius 3 is 2.04 bits per heavy atom. The lowest BCUT2D eigenvalue weighted by Crippen LogP contribution is -2.37. The molecule has 0 saturated carbocycles. The number of nitrogens with one attached hydrogen (secondary N) is 4. The zero-order valence-electron chi connectivity index (χ0n) is 15.3. The minimum Gasteiger partial charge on any atom is -0.376 e. The molecule has 150 valence electrons. The van der Waals surface area contributed by atoms with Gasteiger partial charge < -0.3 is 32.1 Å². The first-order chi connectivity index (χ1) is 12.9. The number of likely N-dealkylation sites (N-methyl/N-ethyl adjacent to an activating group) is 1. The molecule has 27 heavy (non-hydrogen) atoms. The van der Waals surface area contributed by atoms with Crippen LogP contribution in [0.2, 0.25) is 0 Å². The fourth-order valence-electron chi connectivity index (χ4n) is 1.73. The van der Waals surface area contributed by atoms with Crippen molar-refractivity contribution in [2.24, 2.45) is 5.73 Å². The van der Waals surface area contributed by atoms with Crippen molar-refractivity contribution in [3.05, 3.63) is 35.9 Å². The van der Waals surface area contributed by atoms with Gasteiger partial charge in [-0.3, -0.25) is 19.2 Å². The summed E-state index contributed by atoms with van der Waals surface area (Å²) in [5.74, 6) is -1.35. The number of hydrogen-bond acceptors (Lipinski definition) is 6. The number of aliphatic hydroxyl groups excluding tert-OH is 1. The second kappa shape index (κ2) is 15.3. The Hall–Kier alpha value is -2.98. The molecular formula is C17H27N5O5. The maximum absolute atomic E-state index is 11.4. The highest BCUT2D eigenvalue weighted by molar-refractivity contribution is 5.85. The van der Waals surface area contributed by atoms with Crippen molar-refractivity contribution in [1.29, 1.82) is 0 Å². The summed E-state index contributed by atoms with van der Waals surface area (Å²) in [6.07, 6.45) is 0.991. The molecule has 4 amide bonds. The number of aryl methyl sites for hydroxylation is 1. The summed E-state index contributed by atoms with van der Waals surface area (Å²) in [4.78, 5) is 43.0. The molecule has 1 aromatic carbocycles. The Balaban J connectivity index is 0.000000580. The monoisotopic (exact) mass is 381 g/mol. The molecule has 7 N–H and O–H groups in total. The van der Waals surface area contributed by atoms with E-state index in [4.69, 9.17) is 10.8 Å². The van der Waals surface area contributed by atoms with Crippen LogP contribution in [0.5, 0.6) is 0 Å². The average Bonchev–Trinajstić information content (AvgIpc) is 2.65. The molecule has 0 bridgehead atoms.